The summed E-state index contributed by atoms with van der Waals surface area (Å²) < 4.78 is 16.1. The first-order chi connectivity index (χ1) is 9.50. The summed E-state index contributed by atoms with van der Waals surface area (Å²) in [5.74, 6) is 0. The molecule has 0 N–H and O–H groups in total. The maximum atomic E-state index is 16.2. The van der Waals surface area contributed by atoms with Crippen molar-refractivity contribution in [1.82, 2.24) is 0 Å². The molecule has 0 aliphatic rings. The van der Waals surface area contributed by atoms with E-state index < -0.39 is 24.6 Å². The SMILES string of the molecule is CC(C)(C)[Si](C(C)(C)C)(C(C)(C)C)C(C)([Si](C)(C)C)[Si](C)(C)F. The van der Waals surface area contributed by atoms with Crippen molar-refractivity contribution in [3.63, 3.8) is 0 Å². The third-order valence-electron chi connectivity index (χ3n) is 6.81. The van der Waals surface area contributed by atoms with Crippen LogP contribution in [-0.2, 0) is 0 Å². The average Bonchev–Trinajstić information content (AvgIpc) is 2.05. The number of halogens is 1. The molecule has 23 heavy (non-hydrogen) atoms. The Morgan fingerprint density at radius 2 is 0.739 bits per heavy atom. The predicted octanol–water partition coefficient (Wildman–Crippen LogP) is 8.19. The van der Waals surface area contributed by atoms with Gasteiger partial charge in [0, 0.05) is 8.07 Å². The van der Waals surface area contributed by atoms with Gasteiger partial charge in [0.2, 0.25) is 8.41 Å². The Morgan fingerprint density at radius 3 is 0.783 bits per heavy atom. The first-order valence-corrected chi connectivity index (χ1v) is 17.6. The van der Waals surface area contributed by atoms with Crippen molar-refractivity contribution in [2.24, 2.45) is 0 Å². The summed E-state index contributed by atoms with van der Waals surface area (Å²) in [4.78, 5) is 0. The summed E-state index contributed by atoms with van der Waals surface area (Å²) in [7, 11) is -6.83. The van der Waals surface area contributed by atoms with Crippen molar-refractivity contribution in [3.8, 4) is 0 Å². The molecule has 140 valence electrons. The second kappa shape index (κ2) is 5.80. The number of hydrogen-bond donors (Lipinski definition) is 0. The Kier molecular flexibility index (Phi) is 5.95. The van der Waals surface area contributed by atoms with Crippen molar-refractivity contribution >= 4 is 24.6 Å². The largest absolute Gasteiger partial charge is 0.314 e. The zero-order valence-electron chi connectivity index (χ0n) is 18.9. The van der Waals surface area contributed by atoms with Crippen LogP contribution in [0.5, 0.6) is 0 Å². The van der Waals surface area contributed by atoms with Crippen LogP contribution in [-0.4, -0.2) is 24.6 Å². The van der Waals surface area contributed by atoms with Crippen LogP contribution in [0.15, 0.2) is 0 Å². The normalized spacial score (nSPS) is 18.8. The Balaban J connectivity index is 7.46. The standard InChI is InChI=1S/C19H45FSi3/c1-16(2,3)23(17(4,5)6,18(7,8)9)19(10,21(11,12)13)22(14,15)20/h1-15H3. The molecule has 1 atom stereocenters. The molecule has 0 aromatic heterocycles. The zero-order chi connectivity index (χ0) is 19.5. The molecule has 0 radical (unpaired) electrons. The first-order valence-electron chi connectivity index (χ1n) is 9.19. The van der Waals surface area contributed by atoms with Crippen molar-refractivity contribution < 1.29 is 4.11 Å². The van der Waals surface area contributed by atoms with Crippen LogP contribution in [0.2, 0.25) is 52.1 Å². The van der Waals surface area contributed by atoms with E-state index in [9.17, 15) is 0 Å². The van der Waals surface area contributed by atoms with Crippen molar-refractivity contribution in [1.29, 1.82) is 0 Å². The van der Waals surface area contributed by atoms with Crippen LogP contribution in [0, 0.1) is 0 Å². The molecule has 0 spiro atoms. The topological polar surface area (TPSA) is 0 Å². The fraction of sp³-hybridized carbons (Fsp3) is 1.00. The zero-order valence-corrected chi connectivity index (χ0v) is 21.9. The molecule has 4 heteroatoms. The summed E-state index contributed by atoms with van der Waals surface area (Å²) in [6.07, 6.45) is 0. The van der Waals surface area contributed by atoms with E-state index in [2.05, 4.69) is 88.9 Å². The summed E-state index contributed by atoms with van der Waals surface area (Å²) in [5.41, 5.74) is 0. The van der Waals surface area contributed by atoms with Crippen LogP contribution in [0.3, 0.4) is 0 Å². The van der Waals surface area contributed by atoms with Crippen LogP contribution in [0.1, 0.15) is 69.2 Å². The smallest absolute Gasteiger partial charge is 0.241 e. The molecule has 0 aromatic carbocycles. The van der Waals surface area contributed by atoms with Gasteiger partial charge in [-0.3, -0.25) is 0 Å². The molecule has 0 bridgehead atoms. The molecule has 0 aromatic rings. The van der Waals surface area contributed by atoms with Crippen molar-refractivity contribution in [2.45, 2.75) is 121 Å². The van der Waals surface area contributed by atoms with Gasteiger partial charge in [-0.25, -0.2) is 0 Å². The number of rotatable bonds is 3. The van der Waals surface area contributed by atoms with Crippen molar-refractivity contribution in [3.05, 3.63) is 0 Å². The maximum Gasteiger partial charge on any atom is 0.241 e. The highest BCUT2D eigenvalue weighted by Crippen LogP contribution is 2.75. The molecule has 0 aliphatic carbocycles. The molecule has 0 amide bonds. The van der Waals surface area contributed by atoms with Gasteiger partial charge >= 0.3 is 0 Å². The monoisotopic (exact) mass is 376 g/mol. The van der Waals surface area contributed by atoms with Crippen LogP contribution in [0.25, 0.3) is 0 Å². The van der Waals surface area contributed by atoms with E-state index >= 15 is 4.11 Å². The van der Waals surface area contributed by atoms with Gasteiger partial charge in [0.15, 0.2) is 0 Å². The van der Waals surface area contributed by atoms with Crippen LogP contribution >= 0.6 is 0 Å². The lowest BCUT2D eigenvalue weighted by Gasteiger charge is -2.72. The molecule has 0 rings (SSSR count). The van der Waals surface area contributed by atoms with Gasteiger partial charge in [0.05, 0.1) is 8.07 Å². The van der Waals surface area contributed by atoms with Gasteiger partial charge in [-0.1, -0.05) is 88.9 Å². The minimum Gasteiger partial charge on any atom is -0.314 e. The van der Waals surface area contributed by atoms with Gasteiger partial charge in [0.1, 0.15) is 0 Å². The molecular weight excluding hydrogens is 331 g/mol. The summed E-state index contributed by atoms with van der Waals surface area (Å²) in [5, 5.41) is 0.443. The van der Waals surface area contributed by atoms with Gasteiger partial charge in [-0.2, -0.15) is 0 Å². The molecule has 1 unspecified atom stereocenters. The Labute approximate surface area is 150 Å². The highest BCUT2D eigenvalue weighted by atomic mass is 28.5. The van der Waals surface area contributed by atoms with Gasteiger partial charge in [-0.05, 0) is 32.5 Å². The Morgan fingerprint density at radius 1 is 0.522 bits per heavy atom. The summed E-state index contributed by atoms with van der Waals surface area (Å²) >= 11 is 0. The maximum absolute atomic E-state index is 16.2. The summed E-state index contributed by atoms with van der Waals surface area (Å²) in [6, 6.07) is 0. The number of hydrogen-bond acceptors (Lipinski definition) is 0. The van der Waals surface area contributed by atoms with Gasteiger partial charge in [-0.15, -0.1) is 0 Å². The highest BCUT2D eigenvalue weighted by molar-refractivity contribution is 7.16. The fourth-order valence-corrected chi connectivity index (χ4v) is 40.7. The second-order valence-electron chi connectivity index (χ2n) is 12.3. The summed E-state index contributed by atoms with van der Waals surface area (Å²) in [6.45, 7) is 35.3. The van der Waals surface area contributed by atoms with E-state index in [1.165, 1.54) is 0 Å². The Bertz CT molecular complexity index is 370. The lowest BCUT2D eigenvalue weighted by atomic mass is 10.2. The molecule has 0 fully saturated rings. The third-order valence-corrected chi connectivity index (χ3v) is 30.8. The second-order valence-corrected chi connectivity index (χ2v) is 30.3. The minimum absolute atomic E-state index is 0.109. The van der Waals surface area contributed by atoms with Crippen molar-refractivity contribution in [2.75, 3.05) is 0 Å². The highest BCUT2D eigenvalue weighted by Gasteiger charge is 2.75. The quantitative estimate of drug-likeness (QED) is 0.344. The van der Waals surface area contributed by atoms with E-state index in [0.29, 0.717) is 0 Å². The third kappa shape index (κ3) is 3.21. The Hall–Kier alpha value is 0.581. The predicted molar refractivity (Wildman–Crippen MR) is 115 cm³/mol. The fourth-order valence-electron chi connectivity index (χ4n) is 7.53. The van der Waals surface area contributed by atoms with E-state index in [-0.39, 0.29) is 19.4 Å². The van der Waals surface area contributed by atoms with Crippen LogP contribution < -0.4 is 0 Å². The first kappa shape index (κ1) is 23.6. The van der Waals surface area contributed by atoms with E-state index in [1.54, 1.807) is 0 Å². The molecule has 0 aliphatic heterocycles. The van der Waals surface area contributed by atoms with Crippen LogP contribution in [0.4, 0.5) is 4.11 Å². The van der Waals surface area contributed by atoms with E-state index in [4.69, 9.17) is 0 Å². The molecule has 0 saturated carbocycles. The lowest BCUT2D eigenvalue weighted by Crippen LogP contribution is -2.76. The van der Waals surface area contributed by atoms with Gasteiger partial charge in [0.25, 0.3) is 0 Å². The molecule has 0 saturated heterocycles. The molecule has 0 heterocycles. The molecule has 0 nitrogen and oxygen atoms in total. The minimum atomic E-state index is -2.89. The molecular formula is C19H45FSi3. The van der Waals surface area contributed by atoms with E-state index in [0.717, 1.165) is 0 Å². The van der Waals surface area contributed by atoms with Gasteiger partial charge < -0.3 is 4.11 Å². The van der Waals surface area contributed by atoms with E-state index in [1.807, 2.05) is 13.1 Å². The average molecular weight is 377 g/mol. The lowest BCUT2D eigenvalue weighted by molar-refractivity contribution is 0.502.